The van der Waals surface area contributed by atoms with Crippen LogP contribution in [-0.4, -0.2) is 12.1 Å². The van der Waals surface area contributed by atoms with E-state index in [1.54, 1.807) is 0 Å². The molecule has 24 heavy (non-hydrogen) atoms. The van der Waals surface area contributed by atoms with Crippen molar-refractivity contribution < 1.29 is 9.53 Å². The Balaban J connectivity index is 1.96. The maximum Gasteiger partial charge on any atom is 0.333 e. The minimum absolute atomic E-state index is 0.0581. The van der Waals surface area contributed by atoms with Crippen LogP contribution in [0.5, 0.6) is 0 Å². The average Bonchev–Trinajstić information content (AvgIpc) is 2.55. The SMILES string of the molecule is C/C(=C\C=C\c1ccccc1)C(=O)O[C@@H]1C[C@H](C)CC[C@H]1C(C)C. The van der Waals surface area contributed by atoms with Crippen LogP contribution in [0.25, 0.3) is 6.08 Å². The Labute approximate surface area is 146 Å². The van der Waals surface area contributed by atoms with Crippen molar-refractivity contribution in [3.8, 4) is 0 Å². The first kappa shape index (κ1) is 18.5. The zero-order valence-electron chi connectivity index (χ0n) is 15.4. The van der Waals surface area contributed by atoms with Crippen LogP contribution < -0.4 is 0 Å². The summed E-state index contributed by atoms with van der Waals surface area (Å²) in [6.45, 7) is 8.54. The van der Waals surface area contributed by atoms with Crippen LogP contribution >= 0.6 is 0 Å². The molecule has 0 bridgehead atoms. The summed E-state index contributed by atoms with van der Waals surface area (Å²) in [5.41, 5.74) is 1.78. The number of rotatable bonds is 5. The van der Waals surface area contributed by atoms with Crippen LogP contribution in [0.2, 0.25) is 0 Å². The first-order chi connectivity index (χ1) is 11.5. The summed E-state index contributed by atoms with van der Waals surface area (Å²) in [7, 11) is 0. The van der Waals surface area contributed by atoms with E-state index < -0.39 is 0 Å². The predicted molar refractivity (Wildman–Crippen MR) is 100 cm³/mol. The van der Waals surface area contributed by atoms with Gasteiger partial charge in [-0.15, -0.1) is 0 Å². The fraction of sp³-hybridized carbons (Fsp3) is 0.500. The molecule has 0 unspecified atom stereocenters. The van der Waals surface area contributed by atoms with Gasteiger partial charge in [0, 0.05) is 5.57 Å². The molecule has 2 nitrogen and oxygen atoms in total. The summed E-state index contributed by atoms with van der Waals surface area (Å²) in [5.74, 6) is 1.49. The smallest absolute Gasteiger partial charge is 0.333 e. The first-order valence-corrected chi connectivity index (χ1v) is 9.08. The molecular formula is C22H30O2. The Morgan fingerprint density at radius 2 is 1.92 bits per heavy atom. The molecule has 1 saturated carbocycles. The number of hydrogen-bond donors (Lipinski definition) is 0. The van der Waals surface area contributed by atoms with Gasteiger partial charge < -0.3 is 4.74 Å². The second-order valence-corrected chi connectivity index (χ2v) is 7.39. The van der Waals surface area contributed by atoms with Gasteiger partial charge in [0.05, 0.1) is 0 Å². The van der Waals surface area contributed by atoms with E-state index in [9.17, 15) is 4.79 Å². The standard InChI is InChI=1S/C22H30O2/c1-16(2)20-14-13-17(3)15-21(20)24-22(23)18(4)9-8-12-19-10-6-5-7-11-19/h5-12,16-17,20-21H,13-15H2,1-4H3/b12-8+,18-9+/t17-,20+,21-/m1/s1. The highest BCUT2D eigenvalue weighted by atomic mass is 16.5. The van der Waals surface area contributed by atoms with E-state index in [2.05, 4.69) is 20.8 Å². The van der Waals surface area contributed by atoms with Crippen LogP contribution in [0, 0.1) is 17.8 Å². The second-order valence-electron chi connectivity index (χ2n) is 7.39. The van der Waals surface area contributed by atoms with Crippen LogP contribution in [0.3, 0.4) is 0 Å². The number of carbonyl (C=O) groups excluding carboxylic acids is 1. The molecule has 1 aromatic carbocycles. The zero-order valence-corrected chi connectivity index (χ0v) is 15.4. The van der Waals surface area contributed by atoms with Crippen molar-refractivity contribution in [3.63, 3.8) is 0 Å². The van der Waals surface area contributed by atoms with Crippen molar-refractivity contribution in [1.29, 1.82) is 0 Å². The lowest BCUT2D eigenvalue weighted by atomic mass is 9.75. The molecule has 1 aliphatic carbocycles. The molecule has 0 radical (unpaired) electrons. The molecule has 3 atom stereocenters. The summed E-state index contributed by atoms with van der Waals surface area (Å²) >= 11 is 0. The van der Waals surface area contributed by atoms with E-state index in [1.165, 1.54) is 6.42 Å². The lowest BCUT2D eigenvalue weighted by Gasteiger charge is -2.36. The average molecular weight is 326 g/mol. The Morgan fingerprint density at radius 1 is 1.21 bits per heavy atom. The normalized spacial score (nSPS) is 25.2. The van der Waals surface area contributed by atoms with Gasteiger partial charge in [0.15, 0.2) is 0 Å². The first-order valence-electron chi connectivity index (χ1n) is 9.08. The highest BCUT2D eigenvalue weighted by Gasteiger charge is 2.33. The van der Waals surface area contributed by atoms with E-state index in [1.807, 2.05) is 55.5 Å². The highest BCUT2D eigenvalue weighted by Crippen LogP contribution is 2.35. The molecule has 1 fully saturated rings. The van der Waals surface area contributed by atoms with Crippen molar-refractivity contribution in [2.45, 2.75) is 53.1 Å². The van der Waals surface area contributed by atoms with Gasteiger partial charge in [-0.25, -0.2) is 4.79 Å². The summed E-state index contributed by atoms with van der Waals surface area (Å²) in [6, 6.07) is 10.1. The topological polar surface area (TPSA) is 26.3 Å². The van der Waals surface area contributed by atoms with Crippen LogP contribution in [0.15, 0.2) is 48.1 Å². The fourth-order valence-electron chi connectivity index (χ4n) is 3.42. The van der Waals surface area contributed by atoms with Crippen molar-refractivity contribution in [3.05, 3.63) is 53.6 Å². The third kappa shape index (κ3) is 5.36. The van der Waals surface area contributed by atoms with Gasteiger partial charge in [0.1, 0.15) is 6.10 Å². The number of ether oxygens (including phenoxy) is 1. The Kier molecular flexibility index (Phi) is 6.84. The summed E-state index contributed by atoms with van der Waals surface area (Å²) in [4.78, 5) is 12.4. The third-order valence-corrected chi connectivity index (χ3v) is 4.98. The number of esters is 1. The second kappa shape index (κ2) is 8.86. The maximum absolute atomic E-state index is 12.4. The number of benzene rings is 1. The minimum Gasteiger partial charge on any atom is -0.459 e. The third-order valence-electron chi connectivity index (χ3n) is 4.98. The molecule has 0 aromatic heterocycles. The number of carbonyl (C=O) groups is 1. The molecule has 1 aromatic rings. The highest BCUT2D eigenvalue weighted by molar-refractivity contribution is 5.88. The predicted octanol–water partition coefficient (Wildman–Crippen LogP) is 5.65. The molecular weight excluding hydrogens is 296 g/mol. The van der Waals surface area contributed by atoms with Crippen LogP contribution in [-0.2, 0) is 9.53 Å². The molecule has 0 saturated heterocycles. The van der Waals surface area contributed by atoms with Gasteiger partial charge in [-0.2, -0.15) is 0 Å². The molecule has 130 valence electrons. The Morgan fingerprint density at radius 3 is 2.58 bits per heavy atom. The molecule has 1 aliphatic rings. The van der Waals surface area contributed by atoms with Gasteiger partial charge in [0.2, 0.25) is 0 Å². The molecule has 0 spiro atoms. The van der Waals surface area contributed by atoms with E-state index in [0.29, 0.717) is 23.3 Å². The molecule has 0 heterocycles. The van der Waals surface area contributed by atoms with Gasteiger partial charge >= 0.3 is 5.97 Å². The zero-order chi connectivity index (χ0) is 17.5. The van der Waals surface area contributed by atoms with Gasteiger partial charge in [-0.05, 0) is 43.1 Å². The molecule has 2 heteroatoms. The lowest BCUT2D eigenvalue weighted by molar-refractivity contribution is -0.151. The number of allylic oxidation sites excluding steroid dienone is 2. The monoisotopic (exact) mass is 326 g/mol. The van der Waals surface area contributed by atoms with Crippen molar-refractivity contribution >= 4 is 12.0 Å². The summed E-state index contributed by atoms with van der Waals surface area (Å²) in [6.07, 6.45) is 9.20. The number of hydrogen-bond acceptors (Lipinski definition) is 2. The maximum atomic E-state index is 12.4. The van der Waals surface area contributed by atoms with Crippen LogP contribution in [0.4, 0.5) is 0 Å². The largest absolute Gasteiger partial charge is 0.459 e. The van der Waals surface area contributed by atoms with Gasteiger partial charge in [0.25, 0.3) is 0 Å². The van der Waals surface area contributed by atoms with Gasteiger partial charge in [-0.3, -0.25) is 0 Å². The van der Waals surface area contributed by atoms with Gasteiger partial charge in [-0.1, -0.05) is 75.8 Å². The lowest BCUT2D eigenvalue weighted by Crippen LogP contribution is -2.36. The molecule has 0 amide bonds. The molecule has 0 N–H and O–H groups in total. The Hall–Kier alpha value is -1.83. The fourth-order valence-corrected chi connectivity index (χ4v) is 3.42. The molecule has 0 aliphatic heterocycles. The van der Waals surface area contributed by atoms with E-state index in [0.717, 1.165) is 18.4 Å². The van der Waals surface area contributed by atoms with Crippen molar-refractivity contribution in [1.82, 2.24) is 0 Å². The van der Waals surface area contributed by atoms with Crippen molar-refractivity contribution in [2.75, 3.05) is 0 Å². The molecule has 2 rings (SSSR count). The summed E-state index contributed by atoms with van der Waals surface area (Å²) in [5, 5.41) is 0. The van der Waals surface area contributed by atoms with E-state index >= 15 is 0 Å². The van der Waals surface area contributed by atoms with E-state index in [4.69, 9.17) is 4.74 Å². The van der Waals surface area contributed by atoms with Crippen molar-refractivity contribution in [2.24, 2.45) is 17.8 Å². The minimum atomic E-state index is -0.183. The Bertz CT molecular complexity index is 583. The van der Waals surface area contributed by atoms with E-state index in [-0.39, 0.29) is 12.1 Å². The van der Waals surface area contributed by atoms with Crippen LogP contribution in [0.1, 0.15) is 52.5 Å². The summed E-state index contributed by atoms with van der Waals surface area (Å²) < 4.78 is 5.86. The quantitative estimate of drug-likeness (QED) is 0.397.